The van der Waals surface area contributed by atoms with Crippen molar-refractivity contribution in [1.29, 1.82) is 0 Å². The topological polar surface area (TPSA) is 89.8 Å². The van der Waals surface area contributed by atoms with Gasteiger partial charge in [0.1, 0.15) is 17.1 Å². The molecule has 1 aliphatic rings. The number of ether oxygens (including phenoxy) is 2. The number of likely N-dealkylation sites (tertiary alicyclic amines) is 1. The highest BCUT2D eigenvalue weighted by Gasteiger charge is 2.41. The van der Waals surface area contributed by atoms with E-state index in [-0.39, 0.29) is 43.4 Å². The molecule has 1 aromatic heterocycles. The van der Waals surface area contributed by atoms with Gasteiger partial charge in [-0.25, -0.2) is 22.6 Å². The van der Waals surface area contributed by atoms with Gasteiger partial charge in [-0.3, -0.25) is 4.79 Å². The number of carbonyl (C=O) groups excluding carboxylic acids is 2. The number of para-hydroxylation sites is 1. The molecular formula is C29H42F3N5O4. The number of methoxy groups -OCH3 is 1. The first-order chi connectivity index (χ1) is 19.3. The molecule has 1 aliphatic heterocycles. The highest BCUT2D eigenvalue weighted by Crippen LogP contribution is 2.29. The minimum atomic E-state index is -2.68. The van der Waals surface area contributed by atoms with Gasteiger partial charge >= 0.3 is 6.09 Å². The Morgan fingerprint density at radius 1 is 1.15 bits per heavy atom. The normalized spacial score (nSPS) is 17.8. The minimum Gasteiger partial charge on any atom is -0.444 e. The van der Waals surface area contributed by atoms with Crippen molar-refractivity contribution in [2.24, 2.45) is 11.8 Å². The summed E-state index contributed by atoms with van der Waals surface area (Å²) < 4.78 is 54.8. The summed E-state index contributed by atoms with van der Waals surface area (Å²) in [6.45, 7) is 9.60. The van der Waals surface area contributed by atoms with E-state index >= 15 is 0 Å². The number of rotatable bonds is 11. The number of amides is 2. The van der Waals surface area contributed by atoms with Gasteiger partial charge < -0.3 is 19.3 Å². The number of alkyl halides is 2. The van der Waals surface area contributed by atoms with E-state index in [2.05, 4.69) is 10.3 Å². The van der Waals surface area contributed by atoms with Crippen LogP contribution in [0.15, 0.2) is 24.3 Å². The number of unbranched alkanes of at least 4 members (excludes halogenated alkanes) is 1. The third-order valence-corrected chi connectivity index (χ3v) is 6.79. The Bertz CT molecular complexity index is 1170. The molecule has 2 aromatic rings. The van der Waals surface area contributed by atoms with Gasteiger partial charge in [0, 0.05) is 39.3 Å². The molecule has 2 heterocycles. The number of aromatic nitrogens is 3. The van der Waals surface area contributed by atoms with Gasteiger partial charge in [0.05, 0.1) is 11.7 Å². The second-order valence-electron chi connectivity index (χ2n) is 11.9. The largest absolute Gasteiger partial charge is 0.444 e. The van der Waals surface area contributed by atoms with E-state index in [9.17, 15) is 22.8 Å². The van der Waals surface area contributed by atoms with Crippen LogP contribution in [0.5, 0.6) is 0 Å². The number of piperidine rings is 1. The molecule has 2 amide bonds. The van der Waals surface area contributed by atoms with Crippen molar-refractivity contribution in [2.45, 2.75) is 78.4 Å². The molecule has 2 atom stereocenters. The lowest BCUT2D eigenvalue weighted by molar-refractivity contribution is -0.0260. The maximum Gasteiger partial charge on any atom is 0.410 e. The molecule has 0 N–H and O–H groups in total. The van der Waals surface area contributed by atoms with Crippen molar-refractivity contribution in [1.82, 2.24) is 24.8 Å². The van der Waals surface area contributed by atoms with Crippen molar-refractivity contribution in [2.75, 3.05) is 33.4 Å². The first kappa shape index (κ1) is 32.4. The van der Waals surface area contributed by atoms with Crippen LogP contribution in [0.25, 0.3) is 5.69 Å². The maximum absolute atomic E-state index is 14.8. The van der Waals surface area contributed by atoms with Crippen LogP contribution in [0.2, 0.25) is 0 Å². The van der Waals surface area contributed by atoms with Crippen LogP contribution >= 0.6 is 0 Å². The van der Waals surface area contributed by atoms with E-state index in [0.29, 0.717) is 31.6 Å². The molecule has 1 saturated heterocycles. The molecule has 3 rings (SSSR count). The fourth-order valence-electron chi connectivity index (χ4n) is 4.97. The van der Waals surface area contributed by atoms with Crippen LogP contribution in [0, 0.1) is 17.7 Å². The lowest BCUT2D eigenvalue weighted by Crippen LogP contribution is -2.56. The van der Waals surface area contributed by atoms with Gasteiger partial charge in [-0.15, -0.1) is 5.10 Å². The molecule has 0 spiro atoms. The predicted molar refractivity (Wildman–Crippen MR) is 148 cm³/mol. The first-order valence-corrected chi connectivity index (χ1v) is 14.1. The minimum absolute atomic E-state index is 0.00683. The zero-order valence-corrected chi connectivity index (χ0v) is 24.8. The summed E-state index contributed by atoms with van der Waals surface area (Å²) in [6.07, 6.45) is -1.67. The molecule has 12 heteroatoms. The number of carbonyl (C=O) groups is 2. The van der Waals surface area contributed by atoms with E-state index in [0.717, 1.165) is 0 Å². The molecule has 0 bridgehead atoms. The fraction of sp³-hybridized carbons (Fsp3) is 0.655. The molecule has 0 radical (unpaired) electrons. The van der Waals surface area contributed by atoms with Gasteiger partial charge in [0.15, 0.2) is 5.69 Å². The van der Waals surface area contributed by atoms with Crippen molar-refractivity contribution in [3.05, 3.63) is 41.5 Å². The highest BCUT2D eigenvalue weighted by atomic mass is 19.3. The Morgan fingerprint density at radius 3 is 2.46 bits per heavy atom. The monoisotopic (exact) mass is 581 g/mol. The molecular weight excluding hydrogens is 539 g/mol. The lowest BCUT2D eigenvalue weighted by atomic mass is 9.92. The van der Waals surface area contributed by atoms with Crippen LogP contribution in [-0.4, -0.2) is 88.2 Å². The van der Waals surface area contributed by atoms with Crippen LogP contribution in [0.1, 0.15) is 70.1 Å². The van der Waals surface area contributed by atoms with Crippen molar-refractivity contribution >= 4 is 12.0 Å². The van der Waals surface area contributed by atoms with E-state index in [1.54, 1.807) is 46.1 Å². The molecule has 41 heavy (non-hydrogen) atoms. The Kier molecular flexibility index (Phi) is 11.2. The van der Waals surface area contributed by atoms with E-state index in [1.807, 2.05) is 13.8 Å². The summed E-state index contributed by atoms with van der Waals surface area (Å²) in [6, 6.07) is 5.37. The quantitative estimate of drug-likeness (QED) is 0.332. The zero-order valence-electron chi connectivity index (χ0n) is 24.8. The Balaban J connectivity index is 2.00. The van der Waals surface area contributed by atoms with Gasteiger partial charge in [-0.2, -0.15) is 0 Å². The average Bonchev–Trinajstić information content (AvgIpc) is 3.31. The van der Waals surface area contributed by atoms with Gasteiger partial charge in [-0.05, 0) is 64.5 Å². The second-order valence-corrected chi connectivity index (χ2v) is 11.9. The number of hydrogen-bond donors (Lipinski definition) is 0. The van der Waals surface area contributed by atoms with Crippen LogP contribution in [-0.2, 0) is 15.9 Å². The second kappa shape index (κ2) is 14.2. The number of hydrogen-bond acceptors (Lipinski definition) is 6. The first-order valence-electron chi connectivity index (χ1n) is 14.1. The van der Waals surface area contributed by atoms with E-state index in [4.69, 9.17) is 9.47 Å². The predicted octanol–water partition coefficient (Wildman–Crippen LogP) is 5.36. The number of nitrogens with zero attached hydrogens (tertiary/aromatic N) is 5. The average molecular weight is 582 g/mol. The Hall–Kier alpha value is -3.15. The standard InChI is InChI=1S/C29H42F3N5O4/c1-19(2)16-36(21-15-20(26(31)32)17-35(18-21)28(39)41-29(3,4)5)27(38)25-24(13-9-10-14-40-6)37(34-33-25)23-12-8-7-11-22(23)30/h7-8,11-12,19-21,26H,9-10,13-18H2,1-6H3. The lowest BCUT2D eigenvalue weighted by Gasteiger charge is -2.43. The molecule has 0 aliphatic carbocycles. The summed E-state index contributed by atoms with van der Waals surface area (Å²) in [5.74, 6) is -2.15. The molecule has 1 fully saturated rings. The summed E-state index contributed by atoms with van der Waals surface area (Å²) in [4.78, 5) is 29.9. The van der Waals surface area contributed by atoms with Gasteiger partial charge in [0.25, 0.3) is 5.91 Å². The van der Waals surface area contributed by atoms with Crippen molar-refractivity contribution in [3.8, 4) is 5.69 Å². The number of benzene rings is 1. The van der Waals surface area contributed by atoms with Crippen molar-refractivity contribution < 1.29 is 32.2 Å². The Morgan fingerprint density at radius 2 is 1.85 bits per heavy atom. The Labute approximate surface area is 240 Å². The summed E-state index contributed by atoms with van der Waals surface area (Å²) in [7, 11) is 1.60. The van der Waals surface area contributed by atoms with Crippen LogP contribution < -0.4 is 0 Å². The van der Waals surface area contributed by atoms with E-state index < -0.39 is 41.8 Å². The molecule has 2 unspecified atom stereocenters. The van der Waals surface area contributed by atoms with E-state index in [1.165, 1.54) is 20.5 Å². The van der Waals surface area contributed by atoms with Crippen LogP contribution in [0.3, 0.4) is 0 Å². The molecule has 228 valence electrons. The molecule has 9 nitrogen and oxygen atoms in total. The van der Waals surface area contributed by atoms with Crippen molar-refractivity contribution in [3.63, 3.8) is 0 Å². The third-order valence-electron chi connectivity index (χ3n) is 6.79. The van der Waals surface area contributed by atoms with Crippen LogP contribution in [0.4, 0.5) is 18.0 Å². The highest BCUT2D eigenvalue weighted by molar-refractivity contribution is 5.93. The summed E-state index contributed by atoms with van der Waals surface area (Å²) >= 11 is 0. The zero-order chi connectivity index (χ0) is 30.3. The third kappa shape index (κ3) is 8.67. The smallest absolute Gasteiger partial charge is 0.410 e. The summed E-state index contributed by atoms with van der Waals surface area (Å²) in [5.41, 5.74) is -0.187. The fourth-order valence-corrected chi connectivity index (χ4v) is 4.97. The maximum atomic E-state index is 14.8. The number of halogens is 3. The molecule has 0 saturated carbocycles. The molecule has 1 aromatic carbocycles. The SMILES string of the molecule is COCCCCc1c(C(=O)N(CC(C)C)C2CC(C(F)F)CN(C(=O)OC(C)(C)C)C2)nnn1-c1ccccc1F. The summed E-state index contributed by atoms with van der Waals surface area (Å²) in [5, 5.41) is 8.33. The van der Waals surface area contributed by atoms with Gasteiger partial charge in [0.2, 0.25) is 6.43 Å². The van der Waals surface area contributed by atoms with Gasteiger partial charge in [-0.1, -0.05) is 31.2 Å².